The molecule has 0 spiro atoms. The lowest BCUT2D eigenvalue weighted by Gasteiger charge is -2.13. The SMILES string of the molecule is CCCn1c(=O)n(CC(O)COc2ccc(Cl)cc2)c2cc(S(N)(=O)=O)ccc21. The number of halogens is 1. The molecule has 3 rings (SSSR count). The van der Waals surface area contributed by atoms with Crippen LogP contribution >= 0.6 is 11.6 Å². The second kappa shape index (κ2) is 8.58. The van der Waals surface area contributed by atoms with Crippen LogP contribution in [-0.2, 0) is 23.1 Å². The van der Waals surface area contributed by atoms with Gasteiger partial charge in [-0.3, -0.25) is 9.13 Å². The van der Waals surface area contributed by atoms with Crippen LogP contribution in [0.2, 0.25) is 5.02 Å². The maximum atomic E-state index is 12.9. The van der Waals surface area contributed by atoms with E-state index in [0.29, 0.717) is 28.4 Å². The molecule has 1 unspecified atom stereocenters. The van der Waals surface area contributed by atoms with E-state index in [0.717, 1.165) is 6.42 Å². The highest BCUT2D eigenvalue weighted by Gasteiger charge is 2.19. The van der Waals surface area contributed by atoms with Gasteiger partial charge < -0.3 is 9.84 Å². The lowest BCUT2D eigenvalue weighted by atomic mass is 10.3. The Morgan fingerprint density at radius 1 is 1.14 bits per heavy atom. The number of aliphatic hydroxyl groups excluding tert-OH is 1. The molecule has 1 aromatic heterocycles. The number of sulfonamides is 1. The molecule has 3 N–H and O–H groups in total. The number of ether oxygens (including phenoxy) is 1. The first-order valence-corrected chi connectivity index (χ1v) is 11.0. The first-order valence-electron chi connectivity index (χ1n) is 9.03. The number of aryl methyl sites for hydroxylation is 1. The van der Waals surface area contributed by atoms with E-state index in [4.69, 9.17) is 21.5 Å². The van der Waals surface area contributed by atoms with Crippen LogP contribution in [0.25, 0.3) is 11.0 Å². The van der Waals surface area contributed by atoms with Gasteiger partial charge in [0.25, 0.3) is 0 Å². The molecule has 0 bridgehead atoms. The van der Waals surface area contributed by atoms with Crippen molar-refractivity contribution in [3.8, 4) is 5.75 Å². The van der Waals surface area contributed by atoms with Gasteiger partial charge in [0.15, 0.2) is 0 Å². The molecule has 29 heavy (non-hydrogen) atoms. The molecule has 2 aromatic carbocycles. The fourth-order valence-electron chi connectivity index (χ4n) is 3.08. The maximum absolute atomic E-state index is 12.9. The monoisotopic (exact) mass is 439 g/mol. The fourth-order valence-corrected chi connectivity index (χ4v) is 3.74. The van der Waals surface area contributed by atoms with Crippen molar-refractivity contribution in [2.24, 2.45) is 5.14 Å². The number of imidazole rings is 1. The Balaban J connectivity index is 1.91. The number of aliphatic hydroxyl groups is 1. The molecular weight excluding hydrogens is 418 g/mol. The van der Waals surface area contributed by atoms with Gasteiger partial charge in [-0.15, -0.1) is 0 Å². The van der Waals surface area contributed by atoms with E-state index in [1.165, 1.54) is 16.7 Å². The van der Waals surface area contributed by atoms with Gasteiger partial charge in [-0.25, -0.2) is 18.4 Å². The lowest BCUT2D eigenvalue weighted by molar-refractivity contribution is 0.0924. The highest BCUT2D eigenvalue weighted by Crippen LogP contribution is 2.20. The Kier molecular flexibility index (Phi) is 6.33. The highest BCUT2D eigenvalue weighted by molar-refractivity contribution is 7.89. The molecule has 0 radical (unpaired) electrons. The zero-order valence-corrected chi connectivity index (χ0v) is 17.4. The summed E-state index contributed by atoms with van der Waals surface area (Å²) in [6, 6.07) is 11.0. The summed E-state index contributed by atoms with van der Waals surface area (Å²) in [6.07, 6.45) is -0.278. The first kappa shape index (κ1) is 21.4. The minimum Gasteiger partial charge on any atom is -0.491 e. The number of fused-ring (bicyclic) bond motifs is 1. The van der Waals surface area contributed by atoms with Gasteiger partial charge in [0.2, 0.25) is 10.0 Å². The van der Waals surface area contributed by atoms with Gasteiger partial charge >= 0.3 is 5.69 Å². The molecular formula is C19H22ClN3O5S. The van der Waals surface area contributed by atoms with Crippen molar-refractivity contribution in [2.45, 2.75) is 37.4 Å². The summed E-state index contributed by atoms with van der Waals surface area (Å²) in [5.41, 5.74) is 0.634. The van der Waals surface area contributed by atoms with E-state index in [2.05, 4.69) is 0 Å². The van der Waals surface area contributed by atoms with Crippen molar-refractivity contribution in [1.82, 2.24) is 9.13 Å². The number of rotatable bonds is 8. The van der Waals surface area contributed by atoms with Gasteiger partial charge in [-0.1, -0.05) is 18.5 Å². The number of aromatic nitrogens is 2. The molecule has 0 aliphatic rings. The fraction of sp³-hybridized carbons (Fsp3) is 0.316. The molecule has 0 aliphatic heterocycles. The molecule has 0 aliphatic carbocycles. The normalized spacial score (nSPS) is 13.0. The zero-order valence-electron chi connectivity index (χ0n) is 15.8. The third kappa shape index (κ3) is 4.81. The van der Waals surface area contributed by atoms with Crippen molar-refractivity contribution in [1.29, 1.82) is 0 Å². The van der Waals surface area contributed by atoms with Crippen LogP contribution in [0.5, 0.6) is 5.75 Å². The summed E-state index contributed by atoms with van der Waals surface area (Å²) >= 11 is 5.83. The van der Waals surface area contributed by atoms with E-state index in [1.54, 1.807) is 34.9 Å². The minimum absolute atomic E-state index is 0.0522. The molecule has 1 atom stereocenters. The van der Waals surface area contributed by atoms with Crippen LogP contribution in [-0.4, -0.2) is 35.4 Å². The quantitative estimate of drug-likeness (QED) is 0.556. The van der Waals surface area contributed by atoms with E-state index in [9.17, 15) is 18.3 Å². The van der Waals surface area contributed by atoms with Crippen LogP contribution in [0.1, 0.15) is 13.3 Å². The van der Waals surface area contributed by atoms with Crippen molar-refractivity contribution in [3.63, 3.8) is 0 Å². The van der Waals surface area contributed by atoms with Gasteiger partial charge in [-0.2, -0.15) is 0 Å². The number of nitrogens with two attached hydrogens (primary N) is 1. The van der Waals surface area contributed by atoms with E-state index in [1.807, 2.05) is 6.92 Å². The summed E-state index contributed by atoms with van der Waals surface area (Å²) < 4.78 is 31.9. The van der Waals surface area contributed by atoms with Crippen LogP contribution in [0.4, 0.5) is 0 Å². The first-order chi connectivity index (χ1) is 13.7. The summed E-state index contributed by atoms with van der Waals surface area (Å²) in [5, 5.41) is 16.2. The van der Waals surface area contributed by atoms with Gasteiger partial charge in [0.1, 0.15) is 18.5 Å². The number of hydrogen-bond donors (Lipinski definition) is 2. The molecule has 0 fully saturated rings. The van der Waals surface area contributed by atoms with E-state index in [-0.39, 0.29) is 23.7 Å². The molecule has 8 nitrogen and oxygen atoms in total. The number of hydrogen-bond acceptors (Lipinski definition) is 5. The minimum atomic E-state index is -3.93. The number of primary sulfonamides is 1. The Morgan fingerprint density at radius 2 is 1.83 bits per heavy atom. The van der Waals surface area contributed by atoms with Crippen molar-refractivity contribution in [3.05, 3.63) is 58.0 Å². The molecule has 0 amide bonds. The second-order valence-corrected chi connectivity index (χ2v) is 8.66. The third-order valence-corrected chi connectivity index (χ3v) is 5.58. The molecule has 10 heteroatoms. The van der Waals surface area contributed by atoms with Gasteiger partial charge in [0, 0.05) is 11.6 Å². The summed E-state index contributed by atoms with van der Waals surface area (Å²) in [4.78, 5) is 12.8. The Morgan fingerprint density at radius 3 is 2.45 bits per heavy atom. The predicted octanol–water partition coefficient (Wildman–Crippen LogP) is 1.95. The maximum Gasteiger partial charge on any atom is 0.329 e. The Hall–Kier alpha value is -2.33. The van der Waals surface area contributed by atoms with Crippen molar-refractivity contribution in [2.75, 3.05) is 6.61 Å². The van der Waals surface area contributed by atoms with E-state index >= 15 is 0 Å². The van der Waals surface area contributed by atoms with Crippen LogP contribution < -0.4 is 15.6 Å². The highest BCUT2D eigenvalue weighted by atomic mass is 35.5. The smallest absolute Gasteiger partial charge is 0.329 e. The van der Waals surface area contributed by atoms with Crippen molar-refractivity contribution >= 4 is 32.7 Å². The van der Waals surface area contributed by atoms with Gasteiger partial charge in [-0.05, 0) is 48.9 Å². The summed E-state index contributed by atoms with van der Waals surface area (Å²) in [7, 11) is -3.93. The second-order valence-electron chi connectivity index (χ2n) is 6.66. The Bertz CT molecular complexity index is 1170. The third-order valence-electron chi connectivity index (χ3n) is 4.42. The number of benzene rings is 2. The Labute approximate surface area is 173 Å². The van der Waals surface area contributed by atoms with E-state index < -0.39 is 16.1 Å². The van der Waals surface area contributed by atoms with Crippen LogP contribution in [0.3, 0.4) is 0 Å². The molecule has 1 heterocycles. The molecule has 3 aromatic rings. The summed E-state index contributed by atoms with van der Waals surface area (Å²) in [5.74, 6) is 0.533. The van der Waals surface area contributed by atoms with Gasteiger partial charge in [0.05, 0.1) is 22.5 Å². The average molecular weight is 440 g/mol. The lowest BCUT2D eigenvalue weighted by Crippen LogP contribution is -2.31. The average Bonchev–Trinajstić information content (AvgIpc) is 2.92. The number of nitrogens with zero attached hydrogens (tertiary/aromatic N) is 2. The standard InChI is InChI=1S/C19H22ClN3O5S/c1-2-9-22-17-8-7-16(29(21,26)27)10-18(17)23(19(22)25)11-14(24)12-28-15-5-3-13(20)4-6-15/h3-8,10,14,24H,2,9,11-12H2,1H3,(H2,21,26,27). The largest absolute Gasteiger partial charge is 0.491 e. The van der Waals surface area contributed by atoms with Crippen LogP contribution in [0.15, 0.2) is 52.2 Å². The molecule has 0 saturated heterocycles. The zero-order chi connectivity index (χ0) is 21.2. The molecule has 156 valence electrons. The topological polar surface area (TPSA) is 117 Å². The van der Waals surface area contributed by atoms with Crippen molar-refractivity contribution < 1.29 is 18.3 Å². The molecule has 0 saturated carbocycles. The summed E-state index contributed by atoms with van der Waals surface area (Å²) in [6.45, 7) is 2.29. The van der Waals surface area contributed by atoms with Crippen LogP contribution in [0, 0.1) is 0 Å². The predicted molar refractivity (Wildman–Crippen MR) is 111 cm³/mol.